The van der Waals surface area contributed by atoms with Crippen molar-refractivity contribution in [1.82, 2.24) is 4.90 Å². The van der Waals surface area contributed by atoms with E-state index in [1.54, 1.807) is 64.2 Å². The lowest BCUT2D eigenvalue weighted by molar-refractivity contribution is 0.0286. The maximum Gasteiger partial charge on any atom is 0.410 e. The van der Waals surface area contributed by atoms with Gasteiger partial charge in [-0.15, -0.1) is 11.3 Å². The van der Waals surface area contributed by atoms with E-state index < -0.39 is 27.6 Å². The molecule has 0 spiro atoms. The Hall–Kier alpha value is -2.11. The van der Waals surface area contributed by atoms with Gasteiger partial charge in [0, 0.05) is 16.4 Å². The standard InChI is InChI=1S/C17H20BrNO4S2.CH3NO2/c1-17(2,3)23-16(20)19(4)11-12-10-14(18)15(24-12)25(21,22)13-8-6-5-7-9-13;2-1(3)4/h5-10H,11H2,1-4H3;2H2,(H,3,4). The van der Waals surface area contributed by atoms with E-state index in [0.29, 0.717) is 4.47 Å². The topological polar surface area (TPSA) is 127 Å². The molecule has 3 N–H and O–H groups in total. The van der Waals surface area contributed by atoms with Crippen LogP contribution in [0.5, 0.6) is 0 Å². The first-order valence-corrected chi connectivity index (χ1v) is 11.3. The Morgan fingerprint density at radius 2 is 1.76 bits per heavy atom. The first-order valence-electron chi connectivity index (χ1n) is 8.25. The van der Waals surface area contributed by atoms with Crippen LogP contribution in [0.1, 0.15) is 25.6 Å². The molecule has 0 saturated heterocycles. The van der Waals surface area contributed by atoms with Crippen molar-refractivity contribution in [2.24, 2.45) is 5.73 Å². The van der Waals surface area contributed by atoms with Crippen molar-refractivity contribution in [3.05, 3.63) is 45.7 Å². The maximum absolute atomic E-state index is 12.8. The zero-order valence-electron chi connectivity index (χ0n) is 16.4. The third-order valence-electron chi connectivity index (χ3n) is 3.10. The summed E-state index contributed by atoms with van der Waals surface area (Å²) in [6.45, 7) is 5.66. The van der Waals surface area contributed by atoms with Gasteiger partial charge in [-0.1, -0.05) is 18.2 Å². The van der Waals surface area contributed by atoms with Crippen molar-refractivity contribution in [2.45, 2.75) is 42.0 Å². The number of carboxylic acid groups (broad SMARTS) is 1. The van der Waals surface area contributed by atoms with Crippen LogP contribution in [0.15, 0.2) is 50.0 Å². The summed E-state index contributed by atoms with van der Waals surface area (Å²) in [7, 11) is -1.98. The molecular weight excluding hydrogens is 484 g/mol. The Morgan fingerprint density at radius 3 is 2.24 bits per heavy atom. The van der Waals surface area contributed by atoms with Gasteiger partial charge in [-0.25, -0.2) is 18.0 Å². The van der Waals surface area contributed by atoms with Crippen LogP contribution >= 0.6 is 27.3 Å². The lowest BCUT2D eigenvalue weighted by atomic mass is 10.2. The minimum absolute atomic E-state index is 0.228. The molecular formula is C18H23BrN2O6S2. The number of rotatable bonds is 4. The lowest BCUT2D eigenvalue weighted by Gasteiger charge is -2.24. The molecule has 2 rings (SSSR count). The SMILES string of the molecule is CN(Cc1cc(Br)c(S(=O)(=O)c2ccccc2)s1)C(=O)OC(C)(C)C.NC(=O)O. The van der Waals surface area contributed by atoms with Crippen LogP contribution in [-0.2, 0) is 21.1 Å². The smallest absolute Gasteiger partial charge is 0.410 e. The molecule has 0 aliphatic heterocycles. The number of benzene rings is 1. The van der Waals surface area contributed by atoms with Gasteiger partial charge in [0.2, 0.25) is 9.84 Å². The number of halogens is 1. The summed E-state index contributed by atoms with van der Waals surface area (Å²) < 4.78 is 31.5. The predicted molar refractivity (Wildman–Crippen MR) is 114 cm³/mol. The van der Waals surface area contributed by atoms with E-state index in [2.05, 4.69) is 21.7 Å². The average Bonchev–Trinajstić information content (AvgIpc) is 2.94. The quantitative estimate of drug-likeness (QED) is 0.634. The minimum Gasteiger partial charge on any atom is -0.465 e. The highest BCUT2D eigenvalue weighted by molar-refractivity contribution is 9.10. The van der Waals surface area contributed by atoms with E-state index in [1.165, 1.54) is 4.90 Å². The molecule has 0 atom stereocenters. The van der Waals surface area contributed by atoms with Crippen molar-refractivity contribution in [2.75, 3.05) is 7.05 Å². The molecule has 0 fully saturated rings. The first kappa shape index (κ1) is 24.9. The highest BCUT2D eigenvalue weighted by atomic mass is 79.9. The summed E-state index contributed by atoms with van der Waals surface area (Å²) in [5.41, 5.74) is 3.45. The van der Waals surface area contributed by atoms with E-state index in [4.69, 9.17) is 14.6 Å². The normalized spacial score (nSPS) is 11.2. The third-order valence-corrected chi connectivity index (χ3v) is 7.68. The van der Waals surface area contributed by atoms with Crippen molar-refractivity contribution < 1.29 is 27.9 Å². The summed E-state index contributed by atoms with van der Waals surface area (Å²) in [5, 5.41) is 7.19. The van der Waals surface area contributed by atoms with Gasteiger partial charge in [-0.2, -0.15) is 0 Å². The van der Waals surface area contributed by atoms with E-state index in [0.717, 1.165) is 16.2 Å². The second kappa shape index (κ2) is 10.1. The van der Waals surface area contributed by atoms with Gasteiger partial charge in [-0.3, -0.25) is 0 Å². The summed E-state index contributed by atoms with van der Waals surface area (Å²) >= 11 is 4.46. The molecule has 11 heteroatoms. The van der Waals surface area contributed by atoms with Crippen LogP contribution in [0, 0.1) is 0 Å². The number of nitrogens with zero attached hydrogens (tertiary/aromatic N) is 1. The fourth-order valence-electron chi connectivity index (χ4n) is 2.00. The van der Waals surface area contributed by atoms with Gasteiger partial charge < -0.3 is 20.5 Å². The molecule has 0 aliphatic rings. The molecule has 1 aromatic carbocycles. The summed E-state index contributed by atoms with van der Waals surface area (Å²) in [6.07, 6.45) is -1.79. The molecule has 0 saturated carbocycles. The highest BCUT2D eigenvalue weighted by Crippen LogP contribution is 2.36. The molecule has 0 radical (unpaired) electrons. The van der Waals surface area contributed by atoms with Crippen molar-refractivity contribution in [3.8, 4) is 0 Å². The summed E-state index contributed by atoms with van der Waals surface area (Å²) in [6, 6.07) is 9.99. The maximum atomic E-state index is 12.8. The van der Waals surface area contributed by atoms with Crippen LogP contribution in [0.4, 0.5) is 9.59 Å². The highest BCUT2D eigenvalue weighted by Gasteiger charge is 2.25. The molecule has 1 aromatic heterocycles. The van der Waals surface area contributed by atoms with Crippen molar-refractivity contribution in [1.29, 1.82) is 0 Å². The Balaban J connectivity index is 0.000000960. The van der Waals surface area contributed by atoms with Gasteiger partial charge in [0.05, 0.1) is 11.4 Å². The molecule has 0 aliphatic carbocycles. The van der Waals surface area contributed by atoms with Crippen LogP contribution in [0.3, 0.4) is 0 Å². The van der Waals surface area contributed by atoms with Gasteiger partial charge in [0.1, 0.15) is 9.81 Å². The zero-order chi connectivity index (χ0) is 22.4. The Kier molecular flexibility index (Phi) is 8.66. The molecule has 8 nitrogen and oxygen atoms in total. The number of sulfone groups is 1. The predicted octanol–water partition coefficient (Wildman–Crippen LogP) is 4.33. The minimum atomic E-state index is -3.60. The van der Waals surface area contributed by atoms with Crippen LogP contribution in [0.2, 0.25) is 0 Å². The summed E-state index contributed by atoms with van der Waals surface area (Å²) in [5.74, 6) is 0. The molecule has 0 bridgehead atoms. The third kappa shape index (κ3) is 8.03. The van der Waals surface area contributed by atoms with Crippen LogP contribution in [-0.4, -0.2) is 43.3 Å². The van der Waals surface area contributed by atoms with E-state index >= 15 is 0 Å². The molecule has 1 heterocycles. The Labute approximate surface area is 182 Å². The second-order valence-corrected chi connectivity index (χ2v) is 11.0. The second-order valence-electron chi connectivity index (χ2n) is 6.84. The molecule has 2 amide bonds. The Bertz CT molecular complexity index is 948. The molecule has 0 unspecified atom stereocenters. The largest absolute Gasteiger partial charge is 0.465 e. The number of carbonyl (C=O) groups is 2. The van der Waals surface area contributed by atoms with E-state index in [-0.39, 0.29) is 15.6 Å². The number of primary amides is 1. The van der Waals surface area contributed by atoms with Gasteiger partial charge in [0.15, 0.2) is 0 Å². The van der Waals surface area contributed by atoms with Crippen molar-refractivity contribution in [3.63, 3.8) is 0 Å². The monoisotopic (exact) mass is 506 g/mol. The fourth-order valence-corrected chi connectivity index (χ4v) is 6.24. The molecule has 160 valence electrons. The number of ether oxygens (including phenoxy) is 1. The molecule has 29 heavy (non-hydrogen) atoms. The summed E-state index contributed by atoms with van der Waals surface area (Å²) in [4.78, 5) is 23.2. The average molecular weight is 507 g/mol. The number of thiophene rings is 1. The molecule has 2 aromatic rings. The van der Waals surface area contributed by atoms with Crippen LogP contribution < -0.4 is 5.73 Å². The van der Waals surface area contributed by atoms with Crippen LogP contribution in [0.25, 0.3) is 0 Å². The number of carbonyl (C=O) groups excluding carboxylic acids is 1. The van der Waals surface area contributed by atoms with Gasteiger partial charge in [-0.05, 0) is 54.9 Å². The Morgan fingerprint density at radius 1 is 1.24 bits per heavy atom. The van der Waals surface area contributed by atoms with E-state index in [1.807, 2.05) is 0 Å². The number of hydrogen-bond donors (Lipinski definition) is 2. The van der Waals surface area contributed by atoms with Gasteiger partial charge in [0.25, 0.3) is 0 Å². The number of nitrogens with two attached hydrogens (primary N) is 1. The number of hydrogen-bond acceptors (Lipinski definition) is 6. The lowest BCUT2D eigenvalue weighted by Crippen LogP contribution is -2.33. The van der Waals surface area contributed by atoms with E-state index in [9.17, 15) is 13.2 Å². The zero-order valence-corrected chi connectivity index (χ0v) is 19.6. The first-order chi connectivity index (χ1) is 13.2. The fraction of sp³-hybridized carbons (Fsp3) is 0.333. The van der Waals surface area contributed by atoms with Crippen molar-refractivity contribution >= 4 is 49.3 Å². The number of amides is 2. The van der Waals surface area contributed by atoms with Gasteiger partial charge >= 0.3 is 12.2 Å².